The zero-order valence-electron chi connectivity index (χ0n) is 14.4. The van der Waals surface area contributed by atoms with Crippen molar-refractivity contribution in [2.24, 2.45) is 22.9 Å². The first kappa shape index (κ1) is 24.1. The Morgan fingerprint density at radius 2 is 0.542 bits per heavy atom. The molecule has 0 aliphatic heterocycles. The molecule has 0 aromatic heterocycles. The molecule has 0 fully saturated rings. The van der Waals surface area contributed by atoms with Crippen molar-refractivity contribution in [1.82, 2.24) is 0 Å². The van der Waals surface area contributed by atoms with Gasteiger partial charge in [-0.25, -0.2) is 0 Å². The minimum Gasteiger partial charge on any atom is -0.370 e. The van der Waals surface area contributed by atoms with Gasteiger partial charge in [-0.3, -0.25) is 19.2 Å². The highest BCUT2D eigenvalue weighted by molar-refractivity contribution is 5.75. The van der Waals surface area contributed by atoms with Crippen LogP contribution < -0.4 is 22.9 Å². The van der Waals surface area contributed by atoms with E-state index in [1.807, 2.05) is 0 Å². The third kappa shape index (κ3) is 28.1. The van der Waals surface area contributed by atoms with Gasteiger partial charge in [0.15, 0.2) is 0 Å². The van der Waals surface area contributed by atoms with E-state index in [0.717, 1.165) is 38.5 Å². The lowest BCUT2D eigenvalue weighted by Crippen LogP contribution is -2.12. The van der Waals surface area contributed by atoms with E-state index < -0.39 is 0 Å². The van der Waals surface area contributed by atoms with Crippen molar-refractivity contribution in [3.05, 3.63) is 0 Å². The summed E-state index contributed by atoms with van der Waals surface area (Å²) < 4.78 is 0. The Bertz CT molecular complexity index is 350. The molecule has 0 spiro atoms. The second kappa shape index (κ2) is 17.2. The number of unbranched alkanes of at least 4 members (excludes halogenated alkanes) is 6. The number of hydrogen-bond acceptors (Lipinski definition) is 4. The molecule has 140 valence electrons. The van der Waals surface area contributed by atoms with Crippen molar-refractivity contribution in [3.8, 4) is 0 Å². The van der Waals surface area contributed by atoms with E-state index in [-0.39, 0.29) is 23.6 Å². The lowest BCUT2D eigenvalue weighted by molar-refractivity contribution is -0.119. The Hall–Kier alpha value is -2.12. The smallest absolute Gasteiger partial charge is 0.217 e. The summed E-state index contributed by atoms with van der Waals surface area (Å²) in [5.74, 6) is -1.11. The predicted octanol–water partition coefficient (Wildman–Crippen LogP) is 0.595. The average molecular weight is 344 g/mol. The molecule has 0 saturated carbocycles. The molecule has 4 amide bonds. The molecule has 0 aliphatic rings. The zero-order chi connectivity index (χ0) is 18.8. The zero-order valence-corrected chi connectivity index (χ0v) is 14.4. The molecule has 0 bridgehead atoms. The van der Waals surface area contributed by atoms with E-state index in [2.05, 4.69) is 0 Å². The molecule has 8 nitrogen and oxygen atoms in total. The van der Waals surface area contributed by atoms with Crippen LogP contribution in [0.15, 0.2) is 0 Å². The molecule has 0 unspecified atom stereocenters. The van der Waals surface area contributed by atoms with E-state index in [9.17, 15) is 19.2 Å². The molecule has 0 atom stereocenters. The first-order chi connectivity index (χ1) is 11.3. The van der Waals surface area contributed by atoms with Crippen molar-refractivity contribution < 1.29 is 19.2 Å². The quantitative estimate of drug-likeness (QED) is 0.338. The molecular weight excluding hydrogens is 312 g/mol. The summed E-state index contributed by atoms with van der Waals surface area (Å²) in [6, 6.07) is 0. The minimum absolute atomic E-state index is 0.223. The van der Waals surface area contributed by atoms with Crippen molar-refractivity contribution in [2.75, 3.05) is 0 Å². The number of primary amides is 4. The lowest BCUT2D eigenvalue weighted by atomic mass is 10.1. The molecule has 0 saturated heterocycles. The van der Waals surface area contributed by atoms with Crippen LogP contribution in [0.5, 0.6) is 0 Å². The molecule has 0 aromatic carbocycles. The highest BCUT2D eigenvalue weighted by atomic mass is 16.2. The molecule has 8 heteroatoms. The number of hydrogen-bond donors (Lipinski definition) is 4. The molecule has 24 heavy (non-hydrogen) atoms. The summed E-state index contributed by atoms with van der Waals surface area (Å²) in [7, 11) is 0. The topological polar surface area (TPSA) is 172 Å². The lowest BCUT2D eigenvalue weighted by Gasteiger charge is -1.99. The maximum atomic E-state index is 10.4. The van der Waals surface area contributed by atoms with Crippen LogP contribution in [0.1, 0.15) is 77.0 Å². The van der Waals surface area contributed by atoms with Crippen LogP contribution in [0, 0.1) is 0 Å². The molecule has 0 heterocycles. The van der Waals surface area contributed by atoms with Gasteiger partial charge in [0.05, 0.1) is 0 Å². The summed E-state index contributed by atoms with van der Waals surface area (Å²) in [5, 5.41) is 0. The Balaban J connectivity index is 0. The van der Waals surface area contributed by atoms with Gasteiger partial charge in [-0.05, 0) is 25.7 Å². The Morgan fingerprint density at radius 3 is 0.750 bits per heavy atom. The second-order valence-electron chi connectivity index (χ2n) is 5.69. The van der Waals surface area contributed by atoms with Gasteiger partial charge in [0.2, 0.25) is 23.6 Å². The number of amides is 4. The fourth-order valence-corrected chi connectivity index (χ4v) is 1.90. The molecule has 0 aliphatic carbocycles. The molecular formula is C16H32N4O4. The van der Waals surface area contributed by atoms with E-state index in [1.165, 1.54) is 0 Å². The fourth-order valence-electron chi connectivity index (χ4n) is 1.90. The molecule has 0 rings (SSSR count). The van der Waals surface area contributed by atoms with E-state index >= 15 is 0 Å². The first-order valence-electron chi connectivity index (χ1n) is 8.39. The van der Waals surface area contributed by atoms with Crippen molar-refractivity contribution in [3.63, 3.8) is 0 Å². The van der Waals surface area contributed by atoms with Gasteiger partial charge in [-0.15, -0.1) is 0 Å². The van der Waals surface area contributed by atoms with Crippen molar-refractivity contribution >= 4 is 23.6 Å². The SMILES string of the molecule is NC(=O)CCCCC(N)=O.NC(=O)CCCCCCCCC(N)=O. The summed E-state index contributed by atoms with van der Waals surface area (Å²) >= 11 is 0. The highest BCUT2D eigenvalue weighted by Crippen LogP contribution is 2.07. The van der Waals surface area contributed by atoms with Crippen LogP contribution in [0.25, 0.3) is 0 Å². The monoisotopic (exact) mass is 344 g/mol. The first-order valence-corrected chi connectivity index (χ1v) is 8.39. The van der Waals surface area contributed by atoms with E-state index in [0.29, 0.717) is 38.5 Å². The van der Waals surface area contributed by atoms with Gasteiger partial charge in [-0.1, -0.05) is 25.7 Å². The minimum atomic E-state index is -0.329. The largest absolute Gasteiger partial charge is 0.370 e. The number of carbonyl (C=O) groups is 4. The van der Waals surface area contributed by atoms with Gasteiger partial charge < -0.3 is 22.9 Å². The van der Waals surface area contributed by atoms with Crippen LogP contribution in [0.3, 0.4) is 0 Å². The second-order valence-corrected chi connectivity index (χ2v) is 5.69. The number of nitrogens with two attached hydrogens (primary N) is 4. The van der Waals surface area contributed by atoms with Crippen LogP contribution in [0.4, 0.5) is 0 Å². The van der Waals surface area contributed by atoms with E-state index in [1.54, 1.807) is 0 Å². The maximum Gasteiger partial charge on any atom is 0.217 e. The standard InChI is InChI=1S/C10H20N2O2.C6H12N2O2/c11-9(13)7-5-3-1-2-4-6-8-10(12)14;7-5(9)3-1-2-4-6(8)10/h1-8H2,(H2,11,13)(H2,12,14);1-4H2,(H2,7,9)(H2,8,10). The summed E-state index contributed by atoms with van der Waals surface area (Å²) in [6.07, 6.45) is 9.01. The molecule has 0 radical (unpaired) electrons. The number of carbonyl (C=O) groups excluding carboxylic acids is 4. The van der Waals surface area contributed by atoms with Crippen LogP contribution in [-0.4, -0.2) is 23.6 Å². The third-order valence-corrected chi connectivity index (χ3v) is 3.19. The predicted molar refractivity (Wildman–Crippen MR) is 92.2 cm³/mol. The average Bonchev–Trinajstić information content (AvgIpc) is 2.46. The van der Waals surface area contributed by atoms with Crippen molar-refractivity contribution in [1.29, 1.82) is 0 Å². The van der Waals surface area contributed by atoms with Crippen LogP contribution >= 0.6 is 0 Å². The van der Waals surface area contributed by atoms with E-state index in [4.69, 9.17) is 22.9 Å². The summed E-state index contributed by atoms with van der Waals surface area (Å²) in [6.45, 7) is 0. The Morgan fingerprint density at radius 1 is 0.375 bits per heavy atom. The van der Waals surface area contributed by atoms with Crippen LogP contribution in [-0.2, 0) is 19.2 Å². The molecule has 0 aromatic rings. The summed E-state index contributed by atoms with van der Waals surface area (Å²) in [5.41, 5.74) is 19.7. The summed E-state index contributed by atoms with van der Waals surface area (Å²) in [4.78, 5) is 41.1. The Kier molecular flexibility index (Phi) is 17.3. The number of rotatable bonds is 14. The van der Waals surface area contributed by atoms with Gasteiger partial charge in [0, 0.05) is 25.7 Å². The fraction of sp³-hybridized carbons (Fsp3) is 0.750. The Labute approximate surface area is 143 Å². The van der Waals surface area contributed by atoms with Crippen molar-refractivity contribution in [2.45, 2.75) is 77.0 Å². The normalized spacial score (nSPS) is 9.67. The third-order valence-electron chi connectivity index (χ3n) is 3.19. The van der Waals surface area contributed by atoms with Gasteiger partial charge >= 0.3 is 0 Å². The van der Waals surface area contributed by atoms with Gasteiger partial charge in [-0.2, -0.15) is 0 Å². The highest BCUT2D eigenvalue weighted by Gasteiger charge is 1.97. The van der Waals surface area contributed by atoms with Gasteiger partial charge in [0.25, 0.3) is 0 Å². The molecule has 8 N–H and O–H groups in total. The van der Waals surface area contributed by atoms with Gasteiger partial charge in [0.1, 0.15) is 0 Å². The van der Waals surface area contributed by atoms with Crippen LogP contribution in [0.2, 0.25) is 0 Å². The maximum absolute atomic E-state index is 10.4.